The molecule has 0 aromatic rings. The predicted molar refractivity (Wildman–Crippen MR) is 36.4 cm³/mol. The van der Waals surface area contributed by atoms with Crippen LogP contribution in [0.3, 0.4) is 0 Å². The van der Waals surface area contributed by atoms with Crippen LogP contribution in [0.25, 0.3) is 0 Å². The zero-order valence-electron chi connectivity index (χ0n) is 5.15. The zero-order valence-corrected chi connectivity index (χ0v) is 5.15. The average molecular weight is 113 g/mol. The molecule has 0 radical (unpaired) electrons. The average Bonchev–Trinajstić information content (AvgIpc) is 1.30. The van der Waals surface area contributed by atoms with Crippen LogP contribution in [0.4, 0.5) is 0 Å². The van der Waals surface area contributed by atoms with Crippen LogP contribution in [0, 0.1) is 16.7 Å². The molecule has 0 fully saturated rings. The molecule has 48 valence electrons. The van der Waals surface area contributed by atoms with Crippen molar-refractivity contribution in [2.75, 3.05) is 0 Å². The van der Waals surface area contributed by atoms with Gasteiger partial charge in [-0.1, -0.05) is 28.2 Å². The summed E-state index contributed by atoms with van der Waals surface area (Å²) in [5, 5.41) is 8.15. The molecule has 0 aliphatic rings. The summed E-state index contributed by atoms with van der Waals surface area (Å²) in [5.74, 6) is 0. The first-order chi connectivity index (χ1) is 3.06. The fourth-order valence-electron chi connectivity index (χ4n) is 0.237. The Kier molecular flexibility index (Phi) is 4.56. The first kappa shape index (κ1) is 10.5. The fourth-order valence-corrected chi connectivity index (χ4v) is 0.237. The molecule has 0 saturated carbocycles. The summed E-state index contributed by atoms with van der Waals surface area (Å²) in [6.45, 7) is 6.16. The molecule has 0 aliphatic carbocycles. The molecule has 0 rings (SSSR count). The molecule has 0 N–H and O–H groups in total. The molecular weight excluding hydrogens is 98.1 g/mol. The Bertz CT molecular complexity index is 81.5. The minimum absolute atomic E-state index is 0. The van der Waals surface area contributed by atoms with Gasteiger partial charge in [-0.15, -0.1) is 0 Å². The van der Waals surface area contributed by atoms with Gasteiger partial charge in [0.1, 0.15) is 0 Å². The van der Waals surface area contributed by atoms with E-state index >= 15 is 0 Å². The Hall–Kier alpha value is -0.510. The maximum atomic E-state index is 8.15. The van der Waals surface area contributed by atoms with E-state index in [4.69, 9.17) is 5.26 Å². The predicted octanol–water partition coefficient (Wildman–Crippen LogP) is 2.58. The molecule has 0 saturated heterocycles. The van der Waals surface area contributed by atoms with Gasteiger partial charge in [-0.2, -0.15) is 5.26 Å². The van der Waals surface area contributed by atoms with Crippen molar-refractivity contribution in [2.45, 2.75) is 34.6 Å². The van der Waals surface area contributed by atoms with Crippen molar-refractivity contribution in [1.29, 1.82) is 5.26 Å². The van der Waals surface area contributed by atoms with Gasteiger partial charge in [-0.05, 0) is 5.41 Å². The minimum Gasteiger partial charge on any atom is -0.198 e. The molecule has 1 nitrogen and oxygen atoms in total. The van der Waals surface area contributed by atoms with Crippen molar-refractivity contribution < 1.29 is 0 Å². The highest BCUT2D eigenvalue weighted by Crippen LogP contribution is 2.16. The molecule has 0 aliphatic heterocycles. The number of hydrogen-bond donors (Lipinski definition) is 0. The van der Waals surface area contributed by atoms with E-state index in [9.17, 15) is 0 Å². The van der Waals surface area contributed by atoms with Gasteiger partial charge in [0.15, 0.2) is 0 Å². The van der Waals surface area contributed by atoms with Crippen LogP contribution in [0.2, 0.25) is 0 Å². The minimum atomic E-state index is 0. The van der Waals surface area contributed by atoms with Crippen molar-refractivity contribution in [3.8, 4) is 6.07 Å². The molecule has 0 atom stereocenters. The summed E-state index contributed by atoms with van der Waals surface area (Å²) in [7, 11) is 0. The van der Waals surface area contributed by atoms with Crippen LogP contribution in [0.5, 0.6) is 0 Å². The van der Waals surface area contributed by atoms with Crippen molar-refractivity contribution in [3.63, 3.8) is 0 Å². The zero-order chi connectivity index (χ0) is 5.91. The SMILES string of the molecule is C.CC(C)(C)CC#N. The van der Waals surface area contributed by atoms with E-state index in [1.165, 1.54) is 0 Å². The number of rotatable bonds is 0. The molecule has 1 heteroatoms. The first-order valence-electron chi connectivity index (χ1n) is 2.43. The molecule has 0 bridgehead atoms. The summed E-state index contributed by atoms with van der Waals surface area (Å²) >= 11 is 0. The van der Waals surface area contributed by atoms with Crippen molar-refractivity contribution >= 4 is 0 Å². The topological polar surface area (TPSA) is 23.8 Å². The van der Waals surface area contributed by atoms with Crippen LogP contribution in [0.1, 0.15) is 34.6 Å². The van der Waals surface area contributed by atoms with Crippen LogP contribution >= 0.6 is 0 Å². The molecule has 0 heterocycles. The fraction of sp³-hybridized carbons (Fsp3) is 0.857. The lowest BCUT2D eigenvalue weighted by atomic mass is 9.93. The van der Waals surface area contributed by atoms with Crippen LogP contribution in [-0.2, 0) is 0 Å². The summed E-state index contributed by atoms with van der Waals surface area (Å²) in [6.07, 6.45) is 0.646. The van der Waals surface area contributed by atoms with Gasteiger partial charge < -0.3 is 0 Å². The Morgan fingerprint density at radius 3 is 1.75 bits per heavy atom. The lowest BCUT2D eigenvalue weighted by molar-refractivity contribution is 0.426. The molecule has 0 aromatic carbocycles. The molecule has 0 aromatic heterocycles. The third-order valence-corrected chi connectivity index (χ3v) is 0.609. The second-order valence-electron chi connectivity index (χ2n) is 2.90. The van der Waals surface area contributed by atoms with Crippen LogP contribution in [-0.4, -0.2) is 0 Å². The van der Waals surface area contributed by atoms with Gasteiger partial charge in [0.05, 0.1) is 6.07 Å². The number of nitrogens with zero attached hydrogens (tertiary/aromatic N) is 1. The van der Waals surface area contributed by atoms with E-state index in [1.54, 1.807) is 0 Å². The Morgan fingerprint density at radius 2 is 1.75 bits per heavy atom. The summed E-state index contributed by atoms with van der Waals surface area (Å²) in [5.41, 5.74) is 0.189. The van der Waals surface area contributed by atoms with Gasteiger partial charge >= 0.3 is 0 Å². The number of hydrogen-bond acceptors (Lipinski definition) is 1. The lowest BCUT2D eigenvalue weighted by Gasteiger charge is -2.10. The Labute approximate surface area is 52.3 Å². The third-order valence-electron chi connectivity index (χ3n) is 0.609. The highest BCUT2D eigenvalue weighted by molar-refractivity contribution is 4.78. The molecule has 0 amide bonds. The van der Waals surface area contributed by atoms with Gasteiger partial charge in [0.25, 0.3) is 0 Å². The second-order valence-corrected chi connectivity index (χ2v) is 2.90. The maximum Gasteiger partial charge on any atom is 0.0627 e. The largest absolute Gasteiger partial charge is 0.198 e. The molecule has 8 heavy (non-hydrogen) atoms. The Morgan fingerprint density at radius 1 is 1.38 bits per heavy atom. The maximum absolute atomic E-state index is 8.15. The van der Waals surface area contributed by atoms with Gasteiger partial charge in [-0.25, -0.2) is 0 Å². The van der Waals surface area contributed by atoms with Gasteiger partial charge in [0.2, 0.25) is 0 Å². The van der Waals surface area contributed by atoms with E-state index in [0.29, 0.717) is 6.42 Å². The second kappa shape index (κ2) is 3.49. The van der Waals surface area contributed by atoms with E-state index in [1.807, 2.05) is 0 Å². The van der Waals surface area contributed by atoms with E-state index in [0.717, 1.165) is 0 Å². The van der Waals surface area contributed by atoms with E-state index in [-0.39, 0.29) is 12.8 Å². The smallest absolute Gasteiger partial charge is 0.0627 e. The van der Waals surface area contributed by atoms with Crippen molar-refractivity contribution in [2.24, 2.45) is 5.41 Å². The van der Waals surface area contributed by atoms with Crippen LogP contribution < -0.4 is 0 Å². The number of nitriles is 1. The summed E-state index contributed by atoms with van der Waals surface area (Å²) in [6, 6.07) is 2.11. The monoisotopic (exact) mass is 113 g/mol. The van der Waals surface area contributed by atoms with Gasteiger partial charge in [0, 0.05) is 6.42 Å². The van der Waals surface area contributed by atoms with Crippen molar-refractivity contribution in [1.82, 2.24) is 0 Å². The van der Waals surface area contributed by atoms with E-state index < -0.39 is 0 Å². The van der Waals surface area contributed by atoms with Gasteiger partial charge in [-0.3, -0.25) is 0 Å². The summed E-state index contributed by atoms with van der Waals surface area (Å²) in [4.78, 5) is 0. The summed E-state index contributed by atoms with van der Waals surface area (Å²) < 4.78 is 0. The molecule has 0 spiro atoms. The standard InChI is InChI=1S/C6H11N.CH4/c1-6(2,3)4-5-7;/h4H2,1-3H3;1H4. The van der Waals surface area contributed by atoms with Crippen molar-refractivity contribution in [3.05, 3.63) is 0 Å². The Balaban J connectivity index is 0. The van der Waals surface area contributed by atoms with Crippen LogP contribution in [0.15, 0.2) is 0 Å². The third kappa shape index (κ3) is 9.09. The first-order valence-corrected chi connectivity index (χ1v) is 2.43. The van der Waals surface area contributed by atoms with E-state index in [2.05, 4.69) is 26.8 Å². The highest BCUT2D eigenvalue weighted by atomic mass is 14.3. The normalized spacial score (nSPS) is 9.25. The molecular formula is C7H15N. The highest BCUT2D eigenvalue weighted by Gasteiger charge is 2.07. The molecule has 0 unspecified atom stereocenters. The lowest BCUT2D eigenvalue weighted by Crippen LogP contribution is -2.01. The quantitative estimate of drug-likeness (QED) is 0.473.